The molecule has 1 aliphatic carbocycles. The minimum absolute atomic E-state index is 0.164. The van der Waals surface area contributed by atoms with Gasteiger partial charge in [-0.2, -0.15) is 5.10 Å². The molecular formula is C14H19N3O. The lowest BCUT2D eigenvalue weighted by molar-refractivity contribution is 0.0954. The van der Waals surface area contributed by atoms with Crippen molar-refractivity contribution in [3.8, 4) is 0 Å². The summed E-state index contributed by atoms with van der Waals surface area (Å²) in [6.45, 7) is 2.23. The Morgan fingerprint density at radius 1 is 1.39 bits per heavy atom. The first-order valence-electron chi connectivity index (χ1n) is 6.55. The summed E-state index contributed by atoms with van der Waals surface area (Å²) >= 11 is 0. The number of rotatable bonds is 3. The molecule has 1 aromatic rings. The summed E-state index contributed by atoms with van der Waals surface area (Å²) < 4.78 is 0. The predicted molar refractivity (Wildman–Crippen MR) is 71.4 cm³/mol. The zero-order valence-corrected chi connectivity index (χ0v) is 10.7. The summed E-state index contributed by atoms with van der Waals surface area (Å²) in [4.78, 5) is 15.6. The van der Waals surface area contributed by atoms with Gasteiger partial charge in [0.05, 0.1) is 0 Å². The Morgan fingerprint density at radius 2 is 2.06 bits per heavy atom. The molecule has 1 aromatic heterocycles. The topological polar surface area (TPSA) is 54.4 Å². The maximum atomic E-state index is 11.8. The van der Waals surface area contributed by atoms with E-state index in [4.69, 9.17) is 0 Å². The van der Waals surface area contributed by atoms with Gasteiger partial charge >= 0.3 is 0 Å². The Balaban J connectivity index is 1.86. The minimum atomic E-state index is -0.164. The molecule has 1 aliphatic rings. The Bertz CT molecular complexity index is 418. The zero-order valence-electron chi connectivity index (χ0n) is 10.7. The maximum Gasteiger partial charge on any atom is 0.271 e. The van der Waals surface area contributed by atoms with Crippen molar-refractivity contribution in [3.05, 3.63) is 30.1 Å². The molecule has 0 saturated heterocycles. The number of nitrogens with one attached hydrogen (secondary N) is 1. The first kappa shape index (κ1) is 12.7. The van der Waals surface area contributed by atoms with Crippen molar-refractivity contribution >= 4 is 11.6 Å². The van der Waals surface area contributed by atoms with Crippen LogP contribution in [-0.4, -0.2) is 16.6 Å². The lowest BCUT2D eigenvalue weighted by atomic mass is 9.86. The molecule has 1 fully saturated rings. The van der Waals surface area contributed by atoms with E-state index in [-0.39, 0.29) is 5.91 Å². The van der Waals surface area contributed by atoms with Gasteiger partial charge in [0.1, 0.15) is 0 Å². The fraction of sp³-hybridized carbons (Fsp3) is 0.500. The van der Waals surface area contributed by atoms with Gasteiger partial charge in [-0.05, 0) is 43.7 Å². The van der Waals surface area contributed by atoms with Crippen LogP contribution in [0.5, 0.6) is 0 Å². The number of carbonyl (C=O) groups is 1. The summed E-state index contributed by atoms with van der Waals surface area (Å²) in [7, 11) is 0. The predicted octanol–water partition coefficient (Wildman–Crippen LogP) is 2.77. The number of aromatic nitrogens is 1. The Morgan fingerprint density at radius 3 is 2.67 bits per heavy atom. The molecular weight excluding hydrogens is 226 g/mol. The van der Waals surface area contributed by atoms with Gasteiger partial charge in [-0.1, -0.05) is 13.3 Å². The highest BCUT2D eigenvalue weighted by Crippen LogP contribution is 2.24. The molecule has 1 amide bonds. The van der Waals surface area contributed by atoms with Crippen LogP contribution in [0.3, 0.4) is 0 Å². The zero-order chi connectivity index (χ0) is 12.8. The molecule has 18 heavy (non-hydrogen) atoms. The van der Waals surface area contributed by atoms with E-state index in [1.54, 1.807) is 24.5 Å². The van der Waals surface area contributed by atoms with Gasteiger partial charge in [-0.25, -0.2) is 5.43 Å². The van der Waals surface area contributed by atoms with E-state index in [1.807, 2.05) is 0 Å². The van der Waals surface area contributed by atoms with Crippen LogP contribution in [0.25, 0.3) is 0 Å². The second kappa shape index (κ2) is 6.28. The molecule has 2 rings (SSSR count). The molecule has 1 heterocycles. The number of amides is 1. The van der Waals surface area contributed by atoms with E-state index in [1.165, 1.54) is 19.3 Å². The van der Waals surface area contributed by atoms with Crippen molar-refractivity contribution in [3.63, 3.8) is 0 Å². The van der Waals surface area contributed by atoms with E-state index >= 15 is 0 Å². The van der Waals surface area contributed by atoms with Crippen molar-refractivity contribution in [2.75, 3.05) is 0 Å². The molecule has 1 saturated carbocycles. The first-order valence-corrected chi connectivity index (χ1v) is 6.55. The van der Waals surface area contributed by atoms with Gasteiger partial charge < -0.3 is 0 Å². The molecule has 1 N–H and O–H groups in total. The molecule has 0 spiro atoms. The van der Waals surface area contributed by atoms with Crippen LogP contribution >= 0.6 is 0 Å². The second-order valence-electron chi connectivity index (χ2n) is 4.71. The highest BCUT2D eigenvalue weighted by atomic mass is 16.2. The first-order chi connectivity index (χ1) is 8.79. The van der Waals surface area contributed by atoms with Crippen molar-refractivity contribution in [2.24, 2.45) is 11.0 Å². The molecule has 0 aromatic carbocycles. The van der Waals surface area contributed by atoms with E-state index in [2.05, 4.69) is 22.4 Å². The van der Waals surface area contributed by atoms with E-state index in [0.29, 0.717) is 5.56 Å². The van der Waals surface area contributed by atoms with Crippen LogP contribution < -0.4 is 5.43 Å². The second-order valence-corrected chi connectivity index (χ2v) is 4.71. The van der Waals surface area contributed by atoms with Gasteiger partial charge in [0.15, 0.2) is 0 Å². The largest absolute Gasteiger partial charge is 0.271 e. The molecule has 4 heteroatoms. The summed E-state index contributed by atoms with van der Waals surface area (Å²) in [6, 6.07) is 3.37. The number of hydrogen-bond acceptors (Lipinski definition) is 3. The SMILES string of the molecule is CCC1CCC(=NNC(=O)c2ccncc2)CC1. The molecule has 0 bridgehead atoms. The summed E-state index contributed by atoms with van der Waals surface area (Å²) in [5.41, 5.74) is 4.33. The molecule has 0 radical (unpaired) electrons. The third-order valence-corrected chi connectivity index (χ3v) is 3.52. The minimum Gasteiger partial charge on any atom is -0.267 e. The fourth-order valence-corrected chi connectivity index (χ4v) is 2.23. The average molecular weight is 245 g/mol. The van der Waals surface area contributed by atoms with Gasteiger partial charge in [-0.15, -0.1) is 0 Å². The average Bonchev–Trinajstić information content (AvgIpc) is 2.46. The standard InChI is InChI=1S/C14H19N3O/c1-2-11-3-5-13(6-4-11)16-17-14(18)12-7-9-15-10-8-12/h7-11H,2-6H2,1H3,(H,17,18). The normalized spacial score (nSPS) is 19.4. The highest BCUT2D eigenvalue weighted by Gasteiger charge is 2.16. The van der Waals surface area contributed by atoms with Crippen LogP contribution in [0, 0.1) is 5.92 Å². The Kier molecular flexibility index (Phi) is 4.45. The third kappa shape index (κ3) is 3.39. The van der Waals surface area contributed by atoms with Gasteiger partial charge in [0.2, 0.25) is 0 Å². The van der Waals surface area contributed by atoms with Gasteiger partial charge in [0, 0.05) is 23.7 Å². The molecule has 4 nitrogen and oxygen atoms in total. The molecule has 0 atom stereocenters. The van der Waals surface area contributed by atoms with Crippen LogP contribution in [0.4, 0.5) is 0 Å². The van der Waals surface area contributed by atoms with Crippen molar-refractivity contribution in [1.82, 2.24) is 10.4 Å². The van der Waals surface area contributed by atoms with Crippen LogP contribution in [0.15, 0.2) is 29.6 Å². The monoisotopic (exact) mass is 245 g/mol. The van der Waals surface area contributed by atoms with Gasteiger partial charge in [0.25, 0.3) is 5.91 Å². The summed E-state index contributed by atoms with van der Waals surface area (Å²) in [6.07, 6.45) is 8.87. The fourth-order valence-electron chi connectivity index (χ4n) is 2.23. The lowest BCUT2D eigenvalue weighted by Crippen LogP contribution is -2.22. The van der Waals surface area contributed by atoms with Crippen molar-refractivity contribution in [2.45, 2.75) is 39.0 Å². The lowest BCUT2D eigenvalue weighted by Gasteiger charge is -2.21. The third-order valence-electron chi connectivity index (χ3n) is 3.52. The van der Waals surface area contributed by atoms with E-state index in [0.717, 1.165) is 24.5 Å². The number of carbonyl (C=O) groups excluding carboxylic acids is 1. The molecule has 96 valence electrons. The van der Waals surface area contributed by atoms with Crippen LogP contribution in [0.2, 0.25) is 0 Å². The summed E-state index contributed by atoms with van der Waals surface area (Å²) in [5.74, 6) is 0.669. The number of nitrogens with zero attached hydrogens (tertiary/aromatic N) is 2. The summed E-state index contributed by atoms with van der Waals surface area (Å²) in [5, 5.41) is 4.22. The molecule has 0 aliphatic heterocycles. The van der Waals surface area contributed by atoms with E-state index in [9.17, 15) is 4.79 Å². The number of hydrazone groups is 1. The Labute approximate surface area is 108 Å². The van der Waals surface area contributed by atoms with E-state index < -0.39 is 0 Å². The number of hydrogen-bond donors (Lipinski definition) is 1. The number of pyridine rings is 1. The van der Waals surface area contributed by atoms with Gasteiger partial charge in [-0.3, -0.25) is 9.78 Å². The van der Waals surface area contributed by atoms with Crippen LogP contribution in [0.1, 0.15) is 49.4 Å². The maximum absolute atomic E-state index is 11.8. The van der Waals surface area contributed by atoms with Crippen molar-refractivity contribution in [1.29, 1.82) is 0 Å². The Hall–Kier alpha value is -1.71. The molecule has 0 unspecified atom stereocenters. The van der Waals surface area contributed by atoms with Crippen molar-refractivity contribution < 1.29 is 4.79 Å². The smallest absolute Gasteiger partial charge is 0.267 e. The quantitative estimate of drug-likeness (QED) is 0.832. The van der Waals surface area contributed by atoms with Crippen LogP contribution in [-0.2, 0) is 0 Å². The highest BCUT2D eigenvalue weighted by molar-refractivity contribution is 5.95.